The zero-order valence-corrected chi connectivity index (χ0v) is 11.4. The molecule has 0 amide bonds. The van der Waals surface area contributed by atoms with Crippen LogP contribution in [0.3, 0.4) is 0 Å². The second-order valence-corrected chi connectivity index (χ2v) is 5.54. The number of ether oxygens (including phenoxy) is 1. The fourth-order valence-corrected chi connectivity index (χ4v) is 2.76. The number of nitrogens with zero attached hydrogens (tertiary/aromatic N) is 1. The summed E-state index contributed by atoms with van der Waals surface area (Å²) in [4.78, 5) is 11.0. The van der Waals surface area contributed by atoms with Crippen LogP contribution < -0.4 is 4.72 Å². The molecule has 19 heavy (non-hydrogen) atoms. The maximum Gasteiger partial charge on any atom is 0.308 e. The van der Waals surface area contributed by atoms with Crippen LogP contribution in [0.1, 0.15) is 6.42 Å². The van der Waals surface area contributed by atoms with E-state index in [1.54, 1.807) is 18.2 Å². The van der Waals surface area contributed by atoms with Crippen molar-refractivity contribution >= 4 is 27.6 Å². The Morgan fingerprint density at radius 3 is 2.74 bits per heavy atom. The molecule has 6 nitrogen and oxygen atoms in total. The van der Waals surface area contributed by atoms with E-state index in [9.17, 15) is 13.2 Å². The first-order chi connectivity index (χ1) is 8.97. The minimum Gasteiger partial charge on any atom is -0.450 e. The van der Waals surface area contributed by atoms with Gasteiger partial charge in [0.25, 0.3) is 0 Å². The van der Waals surface area contributed by atoms with E-state index in [1.807, 2.05) is 0 Å². The normalized spacial score (nSPS) is 10.7. The summed E-state index contributed by atoms with van der Waals surface area (Å²) >= 11 is 5.77. The van der Waals surface area contributed by atoms with Crippen LogP contribution in [0.2, 0.25) is 5.02 Å². The standard InChI is InChI=1S/C11H11ClN2O4S/c12-9-3-1-2-4-10(9)19(16,17)14-7-5-11(15)18-8-6-13/h1-4,14H,5,7-8H2. The molecule has 1 rings (SSSR count). The Bertz CT molecular complexity index is 595. The molecular formula is C11H11ClN2O4S. The predicted octanol–water partition coefficient (Wildman–Crippen LogP) is 1.08. The number of hydrogen-bond acceptors (Lipinski definition) is 5. The van der Waals surface area contributed by atoms with Crippen LogP contribution in [-0.2, 0) is 19.6 Å². The molecule has 0 radical (unpaired) electrons. The maximum absolute atomic E-state index is 11.8. The molecule has 0 heterocycles. The second-order valence-electron chi connectivity index (χ2n) is 3.40. The summed E-state index contributed by atoms with van der Waals surface area (Å²) in [5.74, 6) is -0.650. The van der Waals surface area contributed by atoms with Crippen LogP contribution in [0.25, 0.3) is 0 Å². The van der Waals surface area contributed by atoms with E-state index in [0.717, 1.165) is 0 Å². The van der Waals surface area contributed by atoms with E-state index >= 15 is 0 Å². The number of hydrogen-bond donors (Lipinski definition) is 1. The van der Waals surface area contributed by atoms with Crippen molar-refractivity contribution in [2.24, 2.45) is 0 Å². The minimum absolute atomic E-state index is 0.0536. The molecule has 0 aromatic heterocycles. The molecule has 0 saturated carbocycles. The van der Waals surface area contributed by atoms with Gasteiger partial charge in [0.2, 0.25) is 10.0 Å². The van der Waals surface area contributed by atoms with Crippen molar-refractivity contribution < 1.29 is 17.9 Å². The predicted molar refractivity (Wildman–Crippen MR) is 67.8 cm³/mol. The SMILES string of the molecule is N#CCOC(=O)CCNS(=O)(=O)c1ccccc1Cl. The summed E-state index contributed by atoms with van der Waals surface area (Å²) in [6.45, 7) is -0.478. The van der Waals surface area contributed by atoms with Crippen molar-refractivity contribution in [2.45, 2.75) is 11.3 Å². The van der Waals surface area contributed by atoms with Crippen molar-refractivity contribution in [3.05, 3.63) is 29.3 Å². The zero-order valence-electron chi connectivity index (χ0n) is 9.80. The van der Waals surface area contributed by atoms with Crippen LogP contribution >= 0.6 is 11.6 Å². The molecule has 8 heteroatoms. The molecule has 0 atom stereocenters. The number of carbonyl (C=O) groups excluding carboxylic acids is 1. The van der Waals surface area contributed by atoms with Gasteiger partial charge < -0.3 is 4.74 Å². The average Bonchev–Trinajstić information content (AvgIpc) is 2.36. The molecule has 0 aliphatic heterocycles. The first kappa shape index (κ1) is 15.4. The highest BCUT2D eigenvalue weighted by atomic mass is 35.5. The maximum atomic E-state index is 11.8. The fraction of sp³-hybridized carbons (Fsp3) is 0.273. The topological polar surface area (TPSA) is 96.3 Å². The monoisotopic (exact) mass is 302 g/mol. The lowest BCUT2D eigenvalue weighted by atomic mass is 10.4. The number of rotatable bonds is 6. The lowest BCUT2D eigenvalue weighted by molar-refractivity contribution is -0.142. The van der Waals surface area contributed by atoms with Crippen molar-refractivity contribution in [1.29, 1.82) is 5.26 Å². The van der Waals surface area contributed by atoms with Crippen molar-refractivity contribution in [3.63, 3.8) is 0 Å². The Hall–Kier alpha value is -1.62. The van der Waals surface area contributed by atoms with Gasteiger partial charge in [0.1, 0.15) is 11.0 Å². The summed E-state index contributed by atoms with van der Waals surface area (Å²) < 4.78 is 30.4. The molecule has 0 aliphatic carbocycles. The molecule has 1 N–H and O–H groups in total. The minimum atomic E-state index is -3.76. The van der Waals surface area contributed by atoms with Gasteiger partial charge in [-0.05, 0) is 12.1 Å². The molecule has 0 spiro atoms. The van der Waals surface area contributed by atoms with Crippen molar-refractivity contribution in [3.8, 4) is 6.07 Å². The largest absolute Gasteiger partial charge is 0.450 e. The summed E-state index contributed by atoms with van der Waals surface area (Å²) in [7, 11) is -3.76. The number of nitriles is 1. The molecule has 102 valence electrons. The summed E-state index contributed by atoms with van der Waals surface area (Å²) in [5.41, 5.74) is 0. The number of benzene rings is 1. The molecule has 0 bridgehead atoms. The van der Waals surface area contributed by atoms with Gasteiger partial charge >= 0.3 is 5.97 Å². The molecule has 1 aromatic rings. The summed E-state index contributed by atoms with van der Waals surface area (Å²) in [5, 5.41) is 8.29. The molecule has 0 aliphatic rings. The number of sulfonamides is 1. The number of esters is 1. The van der Waals surface area contributed by atoms with Crippen LogP contribution in [0.5, 0.6) is 0 Å². The van der Waals surface area contributed by atoms with Gasteiger partial charge in [-0.2, -0.15) is 5.26 Å². The Labute approximate surface area is 116 Å². The van der Waals surface area contributed by atoms with E-state index in [-0.39, 0.29) is 29.5 Å². The third-order valence-corrected chi connectivity index (χ3v) is 4.01. The second kappa shape index (κ2) is 7.09. The van der Waals surface area contributed by atoms with Crippen LogP contribution in [0.4, 0.5) is 0 Å². The Morgan fingerprint density at radius 2 is 2.11 bits per heavy atom. The first-order valence-electron chi connectivity index (χ1n) is 5.24. The smallest absolute Gasteiger partial charge is 0.308 e. The summed E-state index contributed by atoms with van der Waals surface area (Å²) in [6.07, 6.45) is -0.161. The van der Waals surface area contributed by atoms with Gasteiger partial charge in [0, 0.05) is 6.54 Å². The third kappa shape index (κ3) is 4.87. The van der Waals surface area contributed by atoms with Crippen LogP contribution in [0.15, 0.2) is 29.2 Å². The fourth-order valence-electron chi connectivity index (χ4n) is 1.21. The van der Waals surface area contributed by atoms with Gasteiger partial charge in [0.05, 0.1) is 11.4 Å². The van der Waals surface area contributed by atoms with Gasteiger partial charge in [-0.3, -0.25) is 4.79 Å². The molecular weight excluding hydrogens is 292 g/mol. The highest BCUT2D eigenvalue weighted by Crippen LogP contribution is 2.19. The third-order valence-electron chi connectivity index (χ3n) is 2.05. The highest BCUT2D eigenvalue weighted by molar-refractivity contribution is 7.89. The van der Waals surface area contributed by atoms with Gasteiger partial charge in [-0.15, -0.1) is 0 Å². The quantitative estimate of drug-likeness (QED) is 0.793. The lowest BCUT2D eigenvalue weighted by Crippen LogP contribution is -2.27. The molecule has 0 fully saturated rings. The Kier molecular flexibility index (Phi) is 5.76. The Balaban J connectivity index is 2.56. The number of halogens is 1. The summed E-state index contributed by atoms with van der Waals surface area (Å²) in [6, 6.07) is 7.61. The Morgan fingerprint density at radius 1 is 1.42 bits per heavy atom. The van der Waals surface area contributed by atoms with E-state index in [4.69, 9.17) is 16.9 Å². The van der Waals surface area contributed by atoms with Crippen LogP contribution in [0, 0.1) is 11.3 Å². The number of carbonyl (C=O) groups is 1. The average molecular weight is 303 g/mol. The van der Waals surface area contributed by atoms with Gasteiger partial charge in [-0.1, -0.05) is 23.7 Å². The number of nitrogens with one attached hydrogen (secondary N) is 1. The molecule has 0 saturated heterocycles. The van der Waals surface area contributed by atoms with Gasteiger partial charge in [0.15, 0.2) is 6.61 Å². The van der Waals surface area contributed by atoms with Crippen LogP contribution in [-0.4, -0.2) is 27.5 Å². The van der Waals surface area contributed by atoms with E-state index in [2.05, 4.69) is 9.46 Å². The highest BCUT2D eigenvalue weighted by Gasteiger charge is 2.17. The van der Waals surface area contributed by atoms with E-state index in [1.165, 1.54) is 12.1 Å². The van der Waals surface area contributed by atoms with Crippen molar-refractivity contribution in [1.82, 2.24) is 4.72 Å². The first-order valence-corrected chi connectivity index (χ1v) is 7.10. The molecule has 1 aromatic carbocycles. The van der Waals surface area contributed by atoms with E-state index in [0.29, 0.717) is 0 Å². The van der Waals surface area contributed by atoms with Crippen molar-refractivity contribution in [2.75, 3.05) is 13.2 Å². The lowest BCUT2D eigenvalue weighted by Gasteiger charge is -2.07. The zero-order chi connectivity index (χ0) is 14.3. The van der Waals surface area contributed by atoms with Gasteiger partial charge in [-0.25, -0.2) is 13.1 Å². The van der Waals surface area contributed by atoms with E-state index < -0.39 is 16.0 Å². The molecule has 0 unspecified atom stereocenters.